The van der Waals surface area contributed by atoms with Crippen molar-refractivity contribution in [3.8, 4) is 0 Å². The van der Waals surface area contributed by atoms with E-state index in [2.05, 4.69) is 15.2 Å². The van der Waals surface area contributed by atoms with Crippen LogP contribution < -0.4 is 16.0 Å². The third kappa shape index (κ3) is 8.94. The van der Waals surface area contributed by atoms with Gasteiger partial charge in [0.2, 0.25) is 17.7 Å². The molecule has 1 atom stereocenters. The second-order valence-corrected chi connectivity index (χ2v) is 9.60. The highest BCUT2D eigenvalue weighted by molar-refractivity contribution is 5.92. The molecule has 0 saturated carbocycles. The van der Waals surface area contributed by atoms with Crippen molar-refractivity contribution in [2.45, 2.75) is 58.7 Å². The molecule has 3 N–H and O–H groups in total. The van der Waals surface area contributed by atoms with E-state index < -0.39 is 6.04 Å². The van der Waals surface area contributed by atoms with Gasteiger partial charge in [0, 0.05) is 71.5 Å². The molecule has 0 unspecified atom stereocenters. The molecular formula is C28H40N6O3. The Bertz CT molecular complexity index is 1030. The van der Waals surface area contributed by atoms with Crippen molar-refractivity contribution in [1.82, 2.24) is 20.1 Å². The molecule has 0 saturated heterocycles. The number of carbonyl (C=O) groups excluding carboxylic acids is 3. The summed E-state index contributed by atoms with van der Waals surface area (Å²) in [6, 6.07) is 13.0. The molecule has 0 radical (unpaired) electrons. The Kier molecular flexibility index (Phi) is 11.0. The Morgan fingerprint density at radius 3 is 2.51 bits per heavy atom. The van der Waals surface area contributed by atoms with Crippen LogP contribution in [0.3, 0.4) is 0 Å². The maximum atomic E-state index is 13.5. The average Bonchev–Trinajstić information content (AvgIpc) is 2.91. The Hall–Kier alpha value is -3.30. The fourth-order valence-electron chi connectivity index (χ4n) is 4.65. The maximum Gasteiger partial charge on any atom is 0.239 e. The summed E-state index contributed by atoms with van der Waals surface area (Å²) in [7, 11) is 0. The van der Waals surface area contributed by atoms with E-state index in [0.717, 1.165) is 42.8 Å². The normalized spacial score (nSPS) is 15.9. The predicted molar refractivity (Wildman–Crippen MR) is 145 cm³/mol. The van der Waals surface area contributed by atoms with Gasteiger partial charge in [-0.25, -0.2) is 0 Å². The van der Waals surface area contributed by atoms with E-state index in [-0.39, 0.29) is 17.7 Å². The van der Waals surface area contributed by atoms with Gasteiger partial charge in [0.15, 0.2) is 0 Å². The first kappa shape index (κ1) is 28.3. The van der Waals surface area contributed by atoms with E-state index >= 15 is 0 Å². The number of hydrogen-bond donors (Lipinski definition) is 2. The molecule has 9 heteroatoms. The highest BCUT2D eigenvalue weighted by Crippen LogP contribution is 2.24. The summed E-state index contributed by atoms with van der Waals surface area (Å²) in [5.41, 5.74) is 9.11. The number of nitrogens with zero attached hydrogens (tertiary/aromatic N) is 4. The molecule has 0 spiro atoms. The molecule has 3 amide bonds. The van der Waals surface area contributed by atoms with Crippen molar-refractivity contribution in [2.75, 3.05) is 37.6 Å². The number of carbonyl (C=O) groups is 3. The quantitative estimate of drug-likeness (QED) is 0.530. The number of benzene rings is 1. The average molecular weight is 509 g/mol. The number of fused-ring (bicyclic) bond motifs is 1. The number of amides is 3. The van der Waals surface area contributed by atoms with Crippen LogP contribution in [0, 0.1) is 0 Å². The second kappa shape index (κ2) is 14.4. The number of aromatic nitrogens is 1. The number of unbranched alkanes of at least 4 members (excludes halogenated alkanes) is 1. The summed E-state index contributed by atoms with van der Waals surface area (Å²) in [6.07, 6.45) is 4.67. The Morgan fingerprint density at radius 1 is 1.00 bits per heavy atom. The first-order chi connectivity index (χ1) is 17.8. The minimum atomic E-state index is -0.622. The van der Waals surface area contributed by atoms with Crippen LogP contribution >= 0.6 is 0 Å². The van der Waals surface area contributed by atoms with E-state index in [1.807, 2.05) is 52.3 Å². The van der Waals surface area contributed by atoms with E-state index in [0.29, 0.717) is 45.7 Å². The van der Waals surface area contributed by atoms with Gasteiger partial charge in [-0.05, 0) is 49.4 Å². The van der Waals surface area contributed by atoms with E-state index in [4.69, 9.17) is 5.73 Å². The number of anilines is 1. The van der Waals surface area contributed by atoms with Crippen LogP contribution in [0.4, 0.5) is 5.69 Å². The second-order valence-electron chi connectivity index (χ2n) is 9.60. The molecule has 3 rings (SSSR count). The molecule has 1 aromatic heterocycles. The summed E-state index contributed by atoms with van der Waals surface area (Å²) in [6.45, 7) is 7.30. The number of hydrogen-bond acceptors (Lipinski definition) is 6. The van der Waals surface area contributed by atoms with E-state index in [1.54, 1.807) is 13.1 Å². The lowest BCUT2D eigenvalue weighted by atomic mass is 10.1. The molecule has 2 aromatic rings. The topological polar surface area (TPSA) is 112 Å². The lowest BCUT2D eigenvalue weighted by Crippen LogP contribution is -2.46. The number of para-hydroxylation sites is 1. The third-order valence-electron chi connectivity index (χ3n) is 6.62. The van der Waals surface area contributed by atoms with Crippen LogP contribution in [-0.4, -0.2) is 71.3 Å². The zero-order chi connectivity index (χ0) is 26.6. The standard InChI is InChI=1S/C28H40N6O3/c1-22(35)30-14-8-6-12-26(29)28(37)33-19-18-32(21-25-11-5-7-15-31-25)16-9-17-34(23(2)36)27-13-4-3-10-24(27)20-33/h3-5,7,10-11,13,15,26H,6,8-9,12,14,16-21,29H2,1-2H3,(H,30,35)/t26-/m0/s1. The molecule has 37 heavy (non-hydrogen) atoms. The monoisotopic (exact) mass is 508 g/mol. The highest BCUT2D eigenvalue weighted by atomic mass is 16.2. The van der Waals surface area contributed by atoms with Gasteiger partial charge in [-0.1, -0.05) is 24.3 Å². The van der Waals surface area contributed by atoms with Gasteiger partial charge >= 0.3 is 0 Å². The number of pyridine rings is 1. The first-order valence-corrected chi connectivity index (χ1v) is 13.1. The summed E-state index contributed by atoms with van der Waals surface area (Å²) < 4.78 is 0. The Morgan fingerprint density at radius 2 is 1.78 bits per heavy atom. The van der Waals surface area contributed by atoms with Crippen LogP contribution in [0.25, 0.3) is 0 Å². The lowest BCUT2D eigenvalue weighted by Gasteiger charge is -2.30. The third-order valence-corrected chi connectivity index (χ3v) is 6.62. The van der Waals surface area contributed by atoms with Crippen molar-refractivity contribution in [3.05, 3.63) is 59.9 Å². The SMILES string of the molecule is CC(=O)NCCCC[C@H](N)C(=O)N1CCN(Cc2ccccn2)CCCN(C(C)=O)c2ccccc2C1. The van der Waals surface area contributed by atoms with Crippen LogP contribution in [0.2, 0.25) is 0 Å². The van der Waals surface area contributed by atoms with Crippen molar-refractivity contribution in [1.29, 1.82) is 0 Å². The molecule has 2 heterocycles. The van der Waals surface area contributed by atoms with Crippen molar-refractivity contribution < 1.29 is 14.4 Å². The molecule has 1 aliphatic heterocycles. The van der Waals surface area contributed by atoms with Crippen molar-refractivity contribution in [2.24, 2.45) is 5.73 Å². The Balaban J connectivity index is 1.78. The summed E-state index contributed by atoms with van der Waals surface area (Å²) in [5.74, 6) is -0.171. The molecule has 1 aromatic carbocycles. The van der Waals surface area contributed by atoms with Crippen LogP contribution in [0.15, 0.2) is 48.7 Å². The lowest BCUT2D eigenvalue weighted by molar-refractivity contribution is -0.133. The van der Waals surface area contributed by atoms with E-state index in [1.165, 1.54) is 6.92 Å². The van der Waals surface area contributed by atoms with Gasteiger partial charge in [0.05, 0.1) is 11.7 Å². The largest absolute Gasteiger partial charge is 0.356 e. The predicted octanol–water partition coefficient (Wildman–Crippen LogP) is 2.30. The zero-order valence-corrected chi connectivity index (χ0v) is 22.1. The zero-order valence-electron chi connectivity index (χ0n) is 22.1. The molecule has 0 fully saturated rings. The van der Waals surface area contributed by atoms with Gasteiger partial charge < -0.3 is 20.9 Å². The van der Waals surface area contributed by atoms with Crippen molar-refractivity contribution >= 4 is 23.4 Å². The Labute approximate surface area is 220 Å². The molecule has 9 nitrogen and oxygen atoms in total. The summed E-state index contributed by atoms with van der Waals surface area (Å²) in [4.78, 5) is 47.6. The van der Waals surface area contributed by atoms with Gasteiger partial charge in [-0.15, -0.1) is 0 Å². The number of nitrogens with two attached hydrogens (primary N) is 1. The fourth-order valence-corrected chi connectivity index (χ4v) is 4.65. The fraction of sp³-hybridized carbons (Fsp3) is 0.500. The molecule has 1 aliphatic rings. The molecular weight excluding hydrogens is 468 g/mol. The highest BCUT2D eigenvalue weighted by Gasteiger charge is 2.25. The summed E-state index contributed by atoms with van der Waals surface area (Å²) >= 11 is 0. The molecule has 0 aliphatic carbocycles. The van der Waals surface area contributed by atoms with Crippen molar-refractivity contribution in [3.63, 3.8) is 0 Å². The first-order valence-electron chi connectivity index (χ1n) is 13.1. The smallest absolute Gasteiger partial charge is 0.239 e. The van der Waals surface area contributed by atoms with Crippen LogP contribution in [-0.2, 0) is 27.5 Å². The number of nitrogens with one attached hydrogen (secondary N) is 1. The summed E-state index contributed by atoms with van der Waals surface area (Å²) in [5, 5.41) is 2.78. The minimum absolute atomic E-state index is 0.0169. The van der Waals surface area contributed by atoms with Gasteiger partial charge in [0.1, 0.15) is 0 Å². The van der Waals surface area contributed by atoms with Gasteiger partial charge in [-0.2, -0.15) is 0 Å². The van der Waals surface area contributed by atoms with Crippen LogP contribution in [0.1, 0.15) is 50.8 Å². The minimum Gasteiger partial charge on any atom is -0.356 e. The molecule has 200 valence electrons. The maximum absolute atomic E-state index is 13.5. The van der Waals surface area contributed by atoms with E-state index in [9.17, 15) is 14.4 Å². The van der Waals surface area contributed by atoms with Gasteiger partial charge in [0.25, 0.3) is 0 Å². The van der Waals surface area contributed by atoms with Crippen LogP contribution in [0.5, 0.6) is 0 Å². The molecule has 0 bridgehead atoms. The van der Waals surface area contributed by atoms with Gasteiger partial charge in [-0.3, -0.25) is 24.3 Å². The number of rotatable bonds is 8.